The summed E-state index contributed by atoms with van der Waals surface area (Å²) in [5, 5.41) is 51.8. The average molecular weight is 1080 g/mol. The monoisotopic (exact) mass is 1080 g/mol. The number of anilines is 2. The SMILES string of the molecule is C.C.Cc1nc(-c2ccc(C)c(NC(=O)c3cnc4ccc(-c5sc(CO)nc5C)cn34)c2)no1.Cc1nc(-c2ccc(C)c(NC(=O)c3cnc4ccc(B(O)O)cn34)c2)no1.Cc1nc(CO)sc1Br. The van der Waals surface area contributed by atoms with Crippen molar-refractivity contribution in [3.63, 3.8) is 0 Å². The van der Waals surface area contributed by atoms with Crippen LogP contribution < -0.4 is 16.1 Å². The number of aliphatic hydroxyl groups is 2. The van der Waals surface area contributed by atoms with Crippen LogP contribution in [0.5, 0.6) is 0 Å². The summed E-state index contributed by atoms with van der Waals surface area (Å²) >= 11 is 6.20. The Morgan fingerprint density at radius 1 is 0.639 bits per heavy atom. The third-order valence-corrected chi connectivity index (χ3v) is 13.7. The van der Waals surface area contributed by atoms with Gasteiger partial charge in [-0.05, 0) is 90.5 Å². The van der Waals surface area contributed by atoms with Crippen LogP contribution in [0.1, 0.15) is 80.1 Å². The molecule has 8 aromatic heterocycles. The number of nitrogens with zero attached hydrogens (tertiary/aromatic N) is 10. The molecular weight excluding hydrogens is 1030 g/mol. The lowest BCUT2D eigenvalue weighted by atomic mass is 9.82. The summed E-state index contributed by atoms with van der Waals surface area (Å²) in [6.45, 7) is 11.0. The van der Waals surface area contributed by atoms with Crippen molar-refractivity contribution in [3.05, 3.63) is 145 Å². The Morgan fingerprint density at radius 2 is 1.11 bits per heavy atom. The number of rotatable bonds is 10. The highest BCUT2D eigenvalue weighted by Gasteiger charge is 2.20. The normalized spacial score (nSPS) is 10.7. The quantitative estimate of drug-likeness (QED) is 0.0706. The second kappa shape index (κ2) is 23.3. The van der Waals surface area contributed by atoms with Gasteiger partial charge < -0.3 is 39.9 Å². The Morgan fingerprint density at radius 3 is 1.54 bits per heavy atom. The molecule has 0 fully saturated rings. The number of aliphatic hydroxyl groups excluding tert-OH is 2. The van der Waals surface area contributed by atoms with E-state index >= 15 is 0 Å². The molecule has 0 unspecified atom stereocenters. The van der Waals surface area contributed by atoms with Crippen molar-refractivity contribution in [1.82, 2.24) is 49.0 Å². The summed E-state index contributed by atoms with van der Waals surface area (Å²) in [7, 11) is -1.64. The molecular formula is C48H50BBrN12O8S2. The second-order valence-corrected chi connectivity index (χ2v) is 19.0. The van der Waals surface area contributed by atoms with Crippen LogP contribution in [-0.4, -0.2) is 88.2 Å². The van der Waals surface area contributed by atoms with Crippen molar-refractivity contribution in [2.24, 2.45) is 0 Å². The zero-order valence-corrected chi connectivity index (χ0v) is 41.4. The summed E-state index contributed by atoms with van der Waals surface area (Å²) in [6.07, 6.45) is 6.31. The predicted molar refractivity (Wildman–Crippen MR) is 280 cm³/mol. The Labute approximate surface area is 429 Å². The molecule has 372 valence electrons. The van der Waals surface area contributed by atoms with Crippen LogP contribution in [0, 0.1) is 41.5 Å². The predicted octanol–water partition coefficient (Wildman–Crippen LogP) is 8.09. The van der Waals surface area contributed by atoms with Gasteiger partial charge in [-0.15, -0.1) is 22.7 Å². The highest BCUT2D eigenvalue weighted by molar-refractivity contribution is 9.11. The van der Waals surface area contributed by atoms with Crippen LogP contribution in [0.15, 0.2) is 98.3 Å². The number of nitrogens with one attached hydrogen (secondary N) is 2. The number of carbonyl (C=O) groups is 2. The summed E-state index contributed by atoms with van der Waals surface area (Å²) in [4.78, 5) is 52.4. The number of carbonyl (C=O) groups excluding carboxylic acids is 2. The number of pyridine rings is 2. The van der Waals surface area contributed by atoms with E-state index in [4.69, 9.17) is 14.2 Å². The van der Waals surface area contributed by atoms with E-state index in [1.807, 2.05) is 76.4 Å². The molecule has 6 N–H and O–H groups in total. The molecule has 24 heteroatoms. The molecule has 0 aliphatic heterocycles. The second-order valence-electron chi connectivity index (χ2n) is 15.5. The Bertz CT molecular complexity index is 3510. The lowest BCUT2D eigenvalue weighted by Crippen LogP contribution is -2.30. The zero-order valence-electron chi connectivity index (χ0n) is 38.2. The molecule has 0 radical (unpaired) electrons. The lowest BCUT2D eigenvalue weighted by Gasteiger charge is -2.10. The molecule has 0 aliphatic rings. The van der Waals surface area contributed by atoms with Crippen molar-refractivity contribution < 1.29 is 38.9 Å². The lowest BCUT2D eigenvalue weighted by molar-refractivity contribution is 0.101. The van der Waals surface area contributed by atoms with Gasteiger partial charge in [-0.3, -0.25) is 18.4 Å². The summed E-state index contributed by atoms with van der Waals surface area (Å²) in [5.74, 6) is 1.14. The van der Waals surface area contributed by atoms with Crippen molar-refractivity contribution in [2.75, 3.05) is 10.6 Å². The summed E-state index contributed by atoms with van der Waals surface area (Å²) < 4.78 is 14.3. The van der Waals surface area contributed by atoms with Crippen molar-refractivity contribution >= 4 is 85.7 Å². The van der Waals surface area contributed by atoms with Crippen LogP contribution >= 0.6 is 38.6 Å². The van der Waals surface area contributed by atoms with Crippen LogP contribution in [0.2, 0.25) is 0 Å². The number of imidazole rings is 2. The fourth-order valence-corrected chi connectivity index (χ4v) is 9.10. The van der Waals surface area contributed by atoms with E-state index in [-0.39, 0.29) is 51.0 Å². The maximum absolute atomic E-state index is 13.2. The average Bonchev–Trinajstić information content (AvgIpc) is 4.23. The van der Waals surface area contributed by atoms with E-state index in [0.717, 1.165) is 47.3 Å². The van der Waals surface area contributed by atoms with Gasteiger partial charge in [-0.25, -0.2) is 19.9 Å². The Kier molecular flexibility index (Phi) is 17.5. The van der Waals surface area contributed by atoms with Gasteiger partial charge in [0, 0.05) is 54.3 Å². The van der Waals surface area contributed by atoms with Gasteiger partial charge >= 0.3 is 7.12 Å². The topological polar surface area (TPSA) is 277 Å². The van der Waals surface area contributed by atoms with Gasteiger partial charge in [0.15, 0.2) is 0 Å². The van der Waals surface area contributed by atoms with Gasteiger partial charge in [0.2, 0.25) is 23.4 Å². The van der Waals surface area contributed by atoms with Gasteiger partial charge in [0.25, 0.3) is 11.8 Å². The number of thiazole rings is 2. The van der Waals surface area contributed by atoms with Crippen LogP contribution in [0.3, 0.4) is 0 Å². The van der Waals surface area contributed by atoms with Crippen molar-refractivity contribution in [3.8, 4) is 33.2 Å². The first-order chi connectivity index (χ1) is 33.6. The number of fused-ring (bicyclic) bond motifs is 2. The first-order valence-corrected chi connectivity index (χ1v) is 23.6. The summed E-state index contributed by atoms with van der Waals surface area (Å²) in [6, 6.07) is 18.0. The van der Waals surface area contributed by atoms with Crippen molar-refractivity contribution in [1.29, 1.82) is 0 Å². The first-order valence-electron chi connectivity index (χ1n) is 21.1. The first kappa shape index (κ1) is 54.0. The van der Waals surface area contributed by atoms with E-state index < -0.39 is 7.12 Å². The van der Waals surface area contributed by atoms with Crippen LogP contribution in [0.4, 0.5) is 11.4 Å². The minimum absolute atomic E-state index is 0. The molecule has 20 nitrogen and oxygen atoms in total. The Balaban J connectivity index is 0.000000198. The number of benzene rings is 2. The number of halogens is 1. The van der Waals surface area contributed by atoms with Gasteiger partial charge in [-0.1, -0.05) is 55.5 Å². The van der Waals surface area contributed by atoms with E-state index in [9.17, 15) is 24.7 Å². The molecule has 2 aromatic carbocycles. The van der Waals surface area contributed by atoms with Gasteiger partial charge in [0.05, 0.1) is 45.7 Å². The maximum atomic E-state index is 13.2. The molecule has 72 heavy (non-hydrogen) atoms. The van der Waals surface area contributed by atoms with E-state index in [1.54, 1.807) is 36.6 Å². The van der Waals surface area contributed by atoms with E-state index in [0.29, 0.717) is 62.4 Å². The van der Waals surface area contributed by atoms with E-state index in [2.05, 4.69) is 66.8 Å². The fourth-order valence-electron chi connectivity index (χ4n) is 6.88. The number of aryl methyl sites for hydroxylation is 6. The molecule has 8 heterocycles. The smallest absolute Gasteiger partial charge is 0.423 e. The molecule has 0 atom stereocenters. The molecule has 0 saturated carbocycles. The summed E-state index contributed by atoms with van der Waals surface area (Å²) in [5.41, 5.74) is 9.22. The molecule has 0 saturated heterocycles. The largest absolute Gasteiger partial charge is 0.489 e. The van der Waals surface area contributed by atoms with Crippen LogP contribution in [0.25, 0.3) is 44.5 Å². The van der Waals surface area contributed by atoms with Crippen LogP contribution in [-0.2, 0) is 13.2 Å². The third-order valence-electron chi connectivity index (χ3n) is 10.5. The fraction of sp³-hybridized carbons (Fsp3) is 0.208. The highest BCUT2D eigenvalue weighted by atomic mass is 79.9. The zero-order chi connectivity index (χ0) is 49.8. The molecule has 10 rings (SSSR count). The minimum atomic E-state index is -1.64. The maximum Gasteiger partial charge on any atom is 0.489 e. The third kappa shape index (κ3) is 12.1. The molecule has 2 amide bonds. The molecule has 0 aliphatic carbocycles. The van der Waals surface area contributed by atoms with Gasteiger partial charge in [-0.2, -0.15) is 9.97 Å². The van der Waals surface area contributed by atoms with E-state index in [1.165, 1.54) is 45.5 Å². The number of hydrogen-bond acceptors (Lipinski definition) is 18. The van der Waals surface area contributed by atoms with Crippen molar-refractivity contribution in [2.45, 2.75) is 69.6 Å². The number of hydrogen-bond donors (Lipinski definition) is 6. The number of aromatic nitrogens is 10. The minimum Gasteiger partial charge on any atom is -0.423 e. The number of amides is 2. The highest BCUT2D eigenvalue weighted by Crippen LogP contribution is 2.31. The Hall–Kier alpha value is -7.32. The van der Waals surface area contributed by atoms with Gasteiger partial charge in [0.1, 0.15) is 32.7 Å². The molecule has 0 bridgehead atoms. The standard InChI is InChI=1S/C23H20N6O3S.C18H16BN5O4.C5H6BrNOS.2CH4/c1-12-4-5-15(22-26-14(3)32-28-22)8-17(12)27-23(31)18-9-24-19-7-6-16(10-29(18)19)21-13(2)25-20(11-30)33-21;1-10-3-4-12(17-21-11(2)28-23-17)7-14(10)22-18(25)15-8-20-16-6-5-13(19(26)27)9-24(15)16;1-3-5(6)9-4(2-8)7-3;;/h4-10,30H,11H2,1-3H3,(H,27,31);3-9,26-27H,1-2H3,(H,22,25);8H,2H2,1H3;2*1H4. The molecule has 10 aromatic rings. The molecule has 0 spiro atoms.